The molecule has 1 saturated heterocycles. The van der Waals surface area contributed by atoms with Gasteiger partial charge in [0.25, 0.3) is 0 Å². The molecule has 1 aliphatic heterocycles. The van der Waals surface area contributed by atoms with Crippen molar-refractivity contribution in [1.82, 2.24) is 15.2 Å². The van der Waals surface area contributed by atoms with Gasteiger partial charge >= 0.3 is 11.8 Å². The van der Waals surface area contributed by atoms with Crippen molar-refractivity contribution in [3.63, 3.8) is 0 Å². The summed E-state index contributed by atoms with van der Waals surface area (Å²) in [4.78, 5) is 33.8. The van der Waals surface area contributed by atoms with Crippen LogP contribution in [0.2, 0.25) is 5.02 Å². The van der Waals surface area contributed by atoms with E-state index in [1.54, 1.807) is 30.5 Å². The molecule has 8 heteroatoms. The third-order valence-corrected chi connectivity index (χ3v) is 5.93. The highest BCUT2D eigenvalue weighted by Crippen LogP contribution is 2.23. The largest absolute Gasteiger partial charge is 0.369 e. The maximum Gasteiger partial charge on any atom is 0.313 e. The molecule has 3 aromatic rings. The van der Waals surface area contributed by atoms with Gasteiger partial charge in [0.1, 0.15) is 0 Å². The molecule has 1 aliphatic rings. The lowest BCUT2D eigenvalue weighted by molar-refractivity contribution is -0.136. The van der Waals surface area contributed by atoms with Crippen molar-refractivity contribution >= 4 is 34.8 Å². The fourth-order valence-corrected chi connectivity index (χ4v) is 4.18. The zero-order chi connectivity index (χ0) is 23.0. The Labute approximate surface area is 198 Å². The van der Waals surface area contributed by atoms with E-state index in [0.717, 1.165) is 31.7 Å². The van der Waals surface area contributed by atoms with Crippen LogP contribution < -0.4 is 15.5 Å². The Morgan fingerprint density at radius 3 is 2.42 bits per heavy atom. The smallest absolute Gasteiger partial charge is 0.313 e. The van der Waals surface area contributed by atoms with E-state index in [2.05, 4.69) is 37.6 Å². The van der Waals surface area contributed by atoms with Crippen molar-refractivity contribution in [1.29, 1.82) is 0 Å². The van der Waals surface area contributed by atoms with Crippen molar-refractivity contribution < 1.29 is 9.59 Å². The van der Waals surface area contributed by atoms with Crippen LogP contribution in [0.25, 0.3) is 0 Å². The molecule has 4 rings (SSSR count). The van der Waals surface area contributed by atoms with E-state index >= 15 is 0 Å². The van der Waals surface area contributed by atoms with Crippen molar-refractivity contribution in [2.75, 3.05) is 42.9 Å². The topological polar surface area (TPSA) is 77.6 Å². The lowest BCUT2D eigenvalue weighted by Crippen LogP contribution is -2.50. The van der Waals surface area contributed by atoms with Crippen LogP contribution in [0.3, 0.4) is 0 Å². The van der Waals surface area contributed by atoms with Gasteiger partial charge in [-0.15, -0.1) is 0 Å². The normalized spacial score (nSPS) is 15.0. The first-order chi connectivity index (χ1) is 16.1. The maximum atomic E-state index is 12.5. The van der Waals surface area contributed by atoms with Crippen LogP contribution in [-0.4, -0.2) is 54.4 Å². The van der Waals surface area contributed by atoms with Gasteiger partial charge in [-0.05, 0) is 42.0 Å². The summed E-state index contributed by atoms with van der Waals surface area (Å²) in [5.41, 5.74) is 2.69. The molecule has 7 nitrogen and oxygen atoms in total. The van der Waals surface area contributed by atoms with Gasteiger partial charge in [0, 0.05) is 61.5 Å². The van der Waals surface area contributed by atoms with Crippen LogP contribution in [0.5, 0.6) is 0 Å². The molecule has 0 unspecified atom stereocenters. The summed E-state index contributed by atoms with van der Waals surface area (Å²) in [5, 5.41) is 5.86. The number of piperazine rings is 1. The molecule has 1 atom stereocenters. The Hall–Kier alpha value is -3.42. The molecular formula is C25H26ClN5O2. The molecule has 1 aromatic heterocycles. The summed E-state index contributed by atoms with van der Waals surface area (Å²) in [6.45, 7) is 3.73. The number of carbonyl (C=O) groups is 2. The van der Waals surface area contributed by atoms with Gasteiger partial charge in [0.15, 0.2) is 0 Å². The molecule has 2 aromatic carbocycles. The number of nitrogens with zero attached hydrogens (tertiary/aromatic N) is 3. The first-order valence-electron chi connectivity index (χ1n) is 10.9. The first-order valence-corrected chi connectivity index (χ1v) is 11.3. The van der Waals surface area contributed by atoms with E-state index in [1.165, 1.54) is 5.69 Å². The van der Waals surface area contributed by atoms with Crippen LogP contribution in [0.1, 0.15) is 11.6 Å². The highest BCUT2D eigenvalue weighted by molar-refractivity contribution is 6.39. The minimum atomic E-state index is -0.726. The number of rotatable bonds is 6. The van der Waals surface area contributed by atoms with Crippen LogP contribution >= 0.6 is 11.6 Å². The number of hydrogen-bond donors (Lipinski definition) is 2. The van der Waals surface area contributed by atoms with Crippen LogP contribution in [0, 0.1) is 0 Å². The van der Waals surface area contributed by atoms with E-state index in [0.29, 0.717) is 17.3 Å². The Balaban J connectivity index is 1.38. The molecule has 0 radical (unpaired) electrons. The van der Waals surface area contributed by atoms with Crippen LogP contribution in [0.15, 0.2) is 79.1 Å². The SMILES string of the molecule is O=C(NC[C@H](c1cccnc1)N1CCN(c2ccccc2)CC1)C(=O)Nc1cccc(Cl)c1. The number of hydrogen-bond acceptors (Lipinski definition) is 5. The third-order valence-electron chi connectivity index (χ3n) is 5.69. The fraction of sp³-hybridized carbons (Fsp3) is 0.240. The number of benzene rings is 2. The Morgan fingerprint density at radius 2 is 1.73 bits per heavy atom. The fourth-order valence-electron chi connectivity index (χ4n) is 3.99. The average molecular weight is 464 g/mol. The Kier molecular flexibility index (Phi) is 7.55. The molecule has 2 heterocycles. The highest BCUT2D eigenvalue weighted by Gasteiger charge is 2.26. The van der Waals surface area contributed by atoms with Crippen molar-refractivity contribution in [2.24, 2.45) is 0 Å². The maximum absolute atomic E-state index is 12.5. The van der Waals surface area contributed by atoms with Crippen LogP contribution in [-0.2, 0) is 9.59 Å². The number of carbonyl (C=O) groups excluding carboxylic acids is 2. The van der Waals surface area contributed by atoms with Crippen molar-refractivity contribution in [3.8, 4) is 0 Å². The van der Waals surface area contributed by atoms with Gasteiger partial charge in [0.05, 0.1) is 6.04 Å². The zero-order valence-corrected chi connectivity index (χ0v) is 18.9. The van der Waals surface area contributed by atoms with E-state index in [9.17, 15) is 9.59 Å². The second kappa shape index (κ2) is 10.9. The number of pyridine rings is 1. The van der Waals surface area contributed by atoms with E-state index < -0.39 is 11.8 Å². The number of halogens is 1. The summed E-state index contributed by atoms with van der Waals surface area (Å²) in [5.74, 6) is -1.41. The number of nitrogens with one attached hydrogen (secondary N) is 2. The Morgan fingerprint density at radius 1 is 0.939 bits per heavy atom. The van der Waals surface area contributed by atoms with Crippen molar-refractivity contribution in [3.05, 3.63) is 89.7 Å². The quantitative estimate of drug-likeness (QED) is 0.548. The minimum absolute atomic E-state index is 0.0838. The average Bonchev–Trinajstić information content (AvgIpc) is 2.85. The summed E-state index contributed by atoms with van der Waals surface area (Å²) in [7, 11) is 0. The monoisotopic (exact) mass is 463 g/mol. The second-order valence-corrected chi connectivity index (χ2v) is 8.27. The lowest BCUT2D eigenvalue weighted by atomic mass is 10.1. The Bertz CT molecular complexity index is 1070. The van der Waals surface area contributed by atoms with Gasteiger partial charge in [-0.2, -0.15) is 0 Å². The zero-order valence-electron chi connectivity index (χ0n) is 18.2. The number of aromatic nitrogens is 1. The summed E-state index contributed by atoms with van der Waals surface area (Å²) < 4.78 is 0. The second-order valence-electron chi connectivity index (χ2n) is 7.84. The standard InChI is InChI=1S/C25H26ClN5O2/c26-20-7-4-8-21(16-20)29-25(33)24(32)28-18-23(19-6-5-11-27-17-19)31-14-12-30(13-15-31)22-9-2-1-3-10-22/h1-11,16-17,23H,12-15,18H2,(H,28,32)(H,29,33)/t23-/m1/s1. The van der Waals surface area contributed by atoms with Crippen LogP contribution in [0.4, 0.5) is 11.4 Å². The molecule has 170 valence electrons. The van der Waals surface area contributed by atoms with Gasteiger partial charge in [-0.3, -0.25) is 19.5 Å². The molecule has 2 N–H and O–H groups in total. The predicted molar refractivity (Wildman–Crippen MR) is 130 cm³/mol. The number of amides is 2. The molecule has 33 heavy (non-hydrogen) atoms. The highest BCUT2D eigenvalue weighted by atomic mass is 35.5. The summed E-state index contributed by atoms with van der Waals surface area (Å²) >= 11 is 5.95. The molecule has 0 bridgehead atoms. The third kappa shape index (κ3) is 6.09. The summed E-state index contributed by atoms with van der Waals surface area (Å²) in [6, 6.07) is 20.8. The molecule has 0 spiro atoms. The molecule has 0 saturated carbocycles. The number of para-hydroxylation sites is 1. The van der Waals surface area contributed by atoms with Gasteiger partial charge < -0.3 is 15.5 Å². The van der Waals surface area contributed by atoms with E-state index in [1.807, 2.05) is 36.5 Å². The molecule has 2 amide bonds. The first kappa shape index (κ1) is 22.8. The van der Waals surface area contributed by atoms with Gasteiger partial charge in [-0.1, -0.05) is 41.9 Å². The van der Waals surface area contributed by atoms with Crippen molar-refractivity contribution in [2.45, 2.75) is 6.04 Å². The van der Waals surface area contributed by atoms with E-state index in [4.69, 9.17) is 11.6 Å². The lowest BCUT2D eigenvalue weighted by Gasteiger charge is -2.40. The van der Waals surface area contributed by atoms with Gasteiger partial charge in [-0.25, -0.2) is 0 Å². The molecule has 1 fully saturated rings. The minimum Gasteiger partial charge on any atom is -0.369 e. The predicted octanol–water partition coefficient (Wildman–Crippen LogP) is 3.35. The molecule has 0 aliphatic carbocycles. The van der Waals surface area contributed by atoms with Gasteiger partial charge in [0.2, 0.25) is 0 Å². The summed E-state index contributed by atoms with van der Waals surface area (Å²) in [6.07, 6.45) is 3.54. The van der Waals surface area contributed by atoms with E-state index in [-0.39, 0.29) is 6.04 Å². The molecular weight excluding hydrogens is 438 g/mol. The number of anilines is 2.